The molecule has 32 heavy (non-hydrogen) atoms. The molecule has 0 fully saturated rings. The molecule has 0 spiro atoms. The molecule has 1 aliphatic rings. The number of anilines is 1. The van der Waals surface area contributed by atoms with E-state index in [4.69, 9.17) is 4.42 Å². The Kier molecular flexibility index (Phi) is 4.70. The number of rotatable bonds is 3. The Morgan fingerprint density at radius 1 is 0.969 bits per heavy atom. The van der Waals surface area contributed by atoms with Crippen molar-refractivity contribution in [3.8, 4) is 0 Å². The summed E-state index contributed by atoms with van der Waals surface area (Å²) >= 11 is 0. The van der Waals surface area contributed by atoms with Gasteiger partial charge >= 0.3 is 0 Å². The van der Waals surface area contributed by atoms with E-state index in [2.05, 4.69) is 11.9 Å². The second-order valence-corrected chi connectivity index (χ2v) is 8.47. The topological polar surface area (TPSA) is 63.4 Å². The molecule has 1 aliphatic heterocycles. The summed E-state index contributed by atoms with van der Waals surface area (Å²) in [6.07, 6.45) is 2.59. The van der Waals surface area contributed by atoms with Crippen LogP contribution in [0.5, 0.6) is 0 Å². The summed E-state index contributed by atoms with van der Waals surface area (Å²) in [6.45, 7) is 7.98. The van der Waals surface area contributed by atoms with E-state index in [1.807, 2.05) is 69.3 Å². The third-order valence-corrected chi connectivity index (χ3v) is 6.34. The molecule has 2 aromatic heterocycles. The van der Waals surface area contributed by atoms with Crippen LogP contribution in [0.2, 0.25) is 0 Å². The lowest BCUT2D eigenvalue weighted by Gasteiger charge is -2.24. The number of carbonyl (C=O) groups is 1. The summed E-state index contributed by atoms with van der Waals surface area (Å²) in [6, 6.07) is 14.9. The molecular formula is C27H24N2O3. The first-order chi connectivity index (χ1) is 15.4. The van der Waals surface area contributed by atoms with E-state index in [1.165, 1.54) is 5.56 Å². The maximum atomic E-state index is 13.7. The predicted molar refractivity (Wildman–Crippen MR) is 125 cm³/mol. The maximum absolute atomic E-state index is 13.7. The van der Waals surface area contributed by atoms with Gasteiger partial charge in [0.25, 0.3) is 5.91 Å². The minimum Gasteiger partial charge on any atom is -0.450 e. The van der Waals surface area contributed by atoms with Gasteiger partial charge in [0.2, 0.25) is 5.76 Å². The first kappa shape index (κ1) is 20.2. The van der Waals surface area contributed by atoms with Gasteiger partial charge in [0.15, 0.2) is 5.43 Å². The van der Waals surface area contributed by atoms with Crippen molar-refractivity contribution < 1.29 is 9.21 Å². The van der Waals surface area contributed by atoms with Crippen LogP contribution in [0.25, 0.3) is 11.0 Å². The van der Waals surface area contributed by atoms with Crippen molar-refractivity contribution in [3.05, 3.63) is 104 Å². The Balaban J connectivity index is 1.81. The van der Waals surface area contributed by atoms with Gasteiger partial charge in [-0.1, -0.05) is 31.2 Å². The molecule has 2 aromatic carbocycles. The zero-order chi connectivity index (χ0) is 22.6. The van der Waals surface area contributed by atoms with Crippen molar-refractivity contribution in [3.63, 3.8) is 0 Å². The molecule has 5 rings (SSSR count). The van der Waals surface area contributed by atoms with Crippen molar-refractivity contribution in [2.24, 2.45) is 0 Å². The molecule has 0 aliphatic carbocycles. The third kappa shape index (κ3) is 3.04. The molecule has 0 saturated carbocycles. The summed E-state index contributed by atoms with van der Waals surface area (Å²) in [7, 11) is 0. The van der Waals surface area contributed by atoms with Crippen molar-refractivity contribution >= 4 is 22.7 Å². The molecule has 1 atom stereocenters. The average molecular weight is 425 g/mol. The Bertz CT molecular complexity index is 1430. The van der Waals surface area contributed by atoms with Crippen LogP contribution in [-0.2, 0) is 6.42 Å². The SMILES string of the molecule is CCc1ccc(C2c3c(oc4cc(C)c(C)cc4c3=O)C(=O)N2c2cc(C)ccn2)cc1. The highest BCUT2D eigenvalue weighted by molar-refractivity contribution is 6.10. The van der Waals surface area contributed by atoms with Crippen LogP contribution in [-0.4, -0.2) is 10.9 Å². The van der Waals surface area contributed by atoms with Crippen molar-refractivity contribution in [1.82, 2.24) is 4.98 Å². The van der Waals surface area contributed by atoms with Gasteiger partial charge in [0, 0.05) is 6.20 Å². The van der Waals surface area contributed by atoms with Crippen LogP contribution >= 0.6 is 0 Å². The molecule has 1 unspecified atom stereocenters. The Labute approximate surface area is 186 Å². The summed E-state index contributed by atoms with van der Waals surface area (Å²) in [5, 5.41) is 0.494. The molecule has 0 radical (unpaired) electrons. The largest absolute Gasteiger partial charge is 0.450 e. The number of hydrogen-bond donors (Lipinski definition) is 0. The lowest BCUT2D eigenvalue weighted by Crippen LogP contribution is -2.30. The number of hydrogen-bond acceptors (Lipinski definition) is 4. The van der Waals surface area contributed by atoms with E-state index in [0.29, 0.717) is 22.4 Å². The third-order valence-electron chi connectivity index (χ3n) is 6.34. The fraction of sp³-hybridized carbons (Fsp3) is 0.222. The van der Waals surface area contributed by atoms with E-state index in [1.54, 1.807) is 11.1 Å². The van der Waals surface area contributed by atoms with Crippen LogP contribution < -0.4 is 10.3 Å². The van der Waals surface area contributed by atoms with Crippen LogP contribution in [0, 0.1) is 20.8 Å². The van der Waals surface area contributed by atoms with Crippen molar-refractivity contribution in [2.45, 2.75) is 40.2 Å². The molecule has 4 aromatic rings. The van der Waals surface area contributed by atoms with Gasteiger partial charge in [-0.3, -0.25) is 14.5 Å². The Hall–Kier alpha value is -3.73. The fourth-order valence-corrected chi connectivity index (χ4v) is 4.37. The summed E-state index contributed by atoms with van der Waals surface area (Å²) in [5.74, 6) is 0.250. The summed E-state index contributed by atoms with van der Waals surface area (Å²) in [4.78, 5) is 33.4. The Morgan fingerprint density at radius 3 is 2.38 bits per heavy atom. The first-order valence-corrected chi connectivity index (χ1v) is 10.8. The lowest BCUT2D eigenvalue weighted by molar-refractivity contribution is 0.0970. The minimum absolute atomic E-state index is 0.0960. The van der Waals surface area contributed by atoms with Gasteiger partial charge in [-0.2, -0.15) is 0 Å². The standard InChI is InChI=1S/C27H24N2O3/c1-5-18-6-8-19(9-7-18)24-23-25(30)20-13-16(3)17(4)14-21(20)32-26(23)27(31)29(24)22-12-15(2)10-11-28-22/h6-14,24H,5H2,1-4H3. The zero-order valence-electron chi connectivity index (χ0n) is 18.6. The fourth-order valence-electron chi connectivity index (χ4n) is 4.37. The number of amides is 1. The quantitative estimate of drug-likeness (QED) is 0.440. The normalized spacial score (nSPS) is 15.4. The molecule has 5 nitrogen and oxygen atoms in total. The first-order valence-electron chi connectivity index (χ1n) is 10.8. The van der Waals surface area contributed by atoms with E-state index in [9.17, 15) is 9.59 Å². The van der Waals surface area contributed by atoms with E-state index in [-0.39, 0.29) is 17.1 Å². The van der Waals surface area contributed by atoms with Gasteiger partial charge < -0.3 is 4.42 Å². The number of pyridine rings is 1. The molecule has 160 valence electrons. The highest BCUT2D eigenvalue weighted by Gasteiger charge is 2.44. The number of aryl methyl sites for hydroxylation is 4. The van der Waals surface area contributed by atoms with Crippen LogP contribution in [0.4, 0.5) is 5.82 Å². The molecule has 5 heteroatoms. The molecular weight excluding hydrogens is 400 g/mol. The lowest BCUT2D eigenvalue weighted by atomic mass is 9.96. The van der Waals surface area contributed by atoms with Crippen molar-refractivity contribution in [2.75, 3.05) is 4.90 Å². The predicted octanol–water partition coefficient (Wildman–Crippen LogP) is 5.43. The number of carbonyl (C=O) groups excluding carboxylic acids is 1. The molecule has 0 saturated heterocycles. The summed E-state index contributed by atoms with van der Waals surface area (Å²) in [5.41, 5.74) is 5.68. The van der Waals surface area contributed by atoms with Gasteiger partial charge in [-0.15, -0.1) is 0 Å². The second-order valence-electron chi connectivity index (χ2n) is 8.47. The number of fused-ring (bicyclic) bond motifs is 2. The van der Waals surface area contributed by atoms with Crippen LogP contribution in [0.1, 0.15) is 56.9 Å². The van der Waals surface area contributed by atoms with Gasteiger partial charge in [0.05, 0.1) is 17.0 Å². The van der Waals surface area contributed by atoms with Gasteiger partial charge in [-0.05, 0) is 79.3 Å². The highest BCUT2D eigenvalue weighted by atomic mass is 16.3. The summed E-state index contributed by atoms with van der Waals surface area (Å²) < 4.78 is 6.09. The van der Waals surface area contributed by atoms with E-state index < -0.39 is 6.04 Å². The zero-order valence-corrected chi connectivity index (χ0v) is 18.6. The smallest absolute Gasteiger partial charge is 0.296 e. The number of benzene rings is 2. The molecule has 0 bridgehead atoms. The average Bonchev–Trinajstić information content (AvgIpc) is 3.08. The van der Waals surface area contributed by atoms with Crippen LogP contribution in [0.15, 0.2) is 63.9 Å². The van der Waals surface area contributed by atoms with Gasteiger partial charge in [0.1, 0.15) is 11.4 Å². The number of aromatic nitrogens is 1. The number of nitrogens with zero attached hydrogens (tertiary/aromatic N) is 2. The van der Waals surface area contributed by atoms with E-state index in [0.717, 1.165) is 28.7 Å². The van der Waals surface area contributed by atoms with Gasteiger partial charge in [-0.25, -0.2) is 4.98 Å². The maximum Gasteiger partial charge on any atom is 0.296 e. The molecule has 1 amide bonds. The van der Waals surface area contributed by atoms with E-state index >= 15 is 0 Å². The molecule has 3 heterocycles. The van der Waals surface area contributed by atoms with Crippen LogP contribution in [0.3, 0.4) is 0 Å². The highest BCUT2D eigenvalue weighted by Crippen LogP contribution is 2.41. The monoisotopic (exact) mass is 424 g/mol. The minimum atomic E-state index is -0.597. The molecule has 0 N–H and O–H groups in total. The second kappa shape index (κ2) is 7.45. The Morgan fingerprint density at radius 2 is 1.69 bits per heavy atom. The van der Waals surface area contributed by atoms with Crippen molar-refractivity contribution in [1.29, 1.82) is 0 Å².